The standard InChI is InChI=1S/C13H15ClN2O2/c1-3-5-11(4-2)15-9-10-6-7-12(16(17)18)8-13(10)14/h1,6-8,11,15H,4-5,9H2,2H3. The number of non-ortho nitro benzene ring substituents is 1. The number of terminal acetylenes is 1. The molecule has 1 unspecified atom stereocenters. The van der Waals surface area contributed by atoms with Gasteiger partial charge in [-0.3, -0.25) is 10.1 Å². The van der Waals surface area contributed by atoms with Gasteiger partial charge in [0.1, 0.15) is 0 Å². The number of nitro benzene ring substituents is 1. The summed E-state index contributed by atoms with van der Waals surface area (Å²) < 4.78 is 0. The average Bonchev–Trinajstić information content (AvgIpc) is 2.35. The first-order valence-corrected chi connectivity index (χ1v) is 6.06. The predicted octanol–water partition coefficient (Wildman–Crippen LogP) is 3.14. The molecule has 0 aliphatic carbocycles. The quantitative estimate of drug-likeness (QED) is 0.489. The Morgan fingerprint density at radius 1 is 1.61 bits per heavy atom. The third-order valence-corrected chi connectivity index (χ3v) is 3.04. The molecule has 0 spiro atoms. The van der Waals surface area contributed by atoms with Gasteiger partial charge in [-0.15, -0.1) is 12.3 Å². The molecule has 0 radical (unpaired) electrons. The molecule has 0 aliphatic rings. The highest BCUT2D eigenvalue weighted by Gasteiger charge is 2.10. The zero-order chi connectivity index (χ0) is 13.5. The number of hydrogen-bond donors (Lipinski definition) is 1. The van der Waals surface area contributed by atoms with Crippen molar-refractivity contribution in [3.8, 4) is 12.3 Å². The Kier molecular flexibility index (Phi) is 5.63. The molecule has 18 heavy (non-hydrogen) atoms. The van der Waals surface area contributed by atoms with Crippen molar-refractivity contribution in [1.82, 2.24) is 5.32 Å². The number of nitro groups is 1. The van der Waals surface area contributed by atoms with E-state index in [1.165, 1.54) is 12.1 Å². The van der Waals surface area contributed by atoms with Gasteiger partial charge in [-0.25, -0.2) is 0 Å². The van der Waals surface area contributed by atoms with Crippen molar-refractivity contribution >= 4 is 17.3 Å². The third-order valence-electron chi connectivity index (χ3n) is 2.69. The van der Waals surface area contributed by atoms with Gasteiger partial charge in [0.2, 0.25) is 0 Å². The molecule has 1 atom stereocenters. The number of benzene rings is 1. The second kappa shape index (κ2) is 7.00. The van der Waals surface area contributed by atoms with E-state index in [1.807, 2.05) is 6.92 Å². The van der Waals surface area contributed by atoms with E-state index >= 15 is 0 Å². The number of rotatable bonds is 6. The summed E-state index contributed by atoms with van der Waals surface area (Å²) in [6.45, 7) is 2.60. The van der Waals surface area contributed by atoms with Gasteiger partial charge in [0.05, 0.1) is 9.95 Å². The fourth-order valence-corrected chi connectivity index (χ4v) is 1.79. The van der Waals surface area contributed by atoms with E-state index in [4.69, 9.17) is 18.0 Å². The molecule has 1 aromatic rings. The van der Waals surface area contributed by atoms with Crippen LogP contribution in [0.3, 0.4) is 0 Å². The fraction of sp³-hybridized carbons (Fsp3) is 0.385. The van der Waals surface area contributed by atoms with Crippen LogP contribution in [-0.2, 0) is 6.54 Å². The molecule has 0 bridgehead atoms. The highest BCUT2D eigenvalue weighted by molar-refractivity contribution is 6.31. The van der Waals surface area contributed by atoms with E-state index in [0.717, 1.165) is 12.0 Å². The fourth-order valence-electron chi connectivity index (χ4n) is 1.55. The summed E-state index contributed by atoms with van der Waals surface area (Å²) in [4.78, 5) is 10.1. The Morgan fingerprint density at radius 3 is 2.83 bits per heavy atom. The summed E-state index contributed by atoms with van der Waals surface area (Å²) in [5.74, 6) is 2.61. The molecule has 0 heterocycles. The van der Waals surface area contributed by atoms with Crippen LogP contribution >= 0.6 is 11.6 Å². The van der Waals surface area contributed by atoms with Crippen molar-refractivity contribution in [2.45, 2.75) is 32.4 Å². The Bertz CT molecular complexity index is 469. The molecule has 1 rings (SSSR count). The number of nitrogens with one attached hydrogen (secondary N) is 1. The maximum Gasteiger partial charge on any atom is 0.270 e. The zero-order valence-corrected chi connectivity index (χ0v) is 10.9. The highest BCUT2D eigenvalue weighted by atomic mass is 35.5. The van der Waals surface area contributed by atoms with E-state index < -0.39 is 4.92 Å². The maximum atomic E-state index is 10.6. The summed E-state index contributed by atoms with van der Waals surface area (Å²) in [5.41, 5.74) is 0.831. The van der Waals surface area contributed by atoms with E-state index in [0.29, 0.717) is 18.0 Å². The van der Waals surface area contributed by atoms with Crippen LogP contribution in [0.2, 0.25) is 5.02 Å². The van der Waals surface area contributed by atoms with Crippen molar-refractivity contribution in [3.63, 3.8) is 0 Å². The van der Waals surface area contributed by atoms with Crippen molar-refractivity contribution in [1.29, 1.82) is 0 Å². The van der Waals surface area contributed by atoms with E-state index in [-0.39, 0.29) is 11.7 Å². The Hall–Kier alpha value is -1.57. The summed E-state index contributed by atoms with van der Waals surface area (Å²) in [7, 11) is 0. The van der Waals surface area contributed by atoms with Crippen molar-refractivity contribution < 1.29 is 4.92 Å². The topological polar surface area (TPSA) is 55.2 Å². The molecule has 0 saturated carbocycles. The maximum absolute atomic E-state index is 10.6. The number of hydrogen-bond acceptors (Lipinski definition) is 3. The lowest BCUT2D eigenvalue weighted by atomic mass is 10.1. The molecular formula is C13H15ClN2O2. The van der Waals surface area contributed by atoms with Crippen LogP contribution in [0.5, 0.6) is 0 Å². The first kappa shape index (κ1) is 14.5. The SMILES string of the molecule is C#CCC(CC)NCc1ccc([N+](=O)[O-])cc1Cl. The van der Waals surface area contributed by atoms with Gasteiger partial charge in [-0.2, -0.15) is 0 Å². The third kappa shape index (κ3) is 4.02. The summed E-state index contributed by atoms with van der Waals surface area (Å²) in [6, 6.07) is 4.71. The van der Waals surface area contributed by atoms with Crippen LogP contribution in [-0.4, -0.2) is 11.0 Å². The van der Waals surface area contributed by atoms with Gasteiger partial charge < -0.3 is 5.32 Å². The smallest absolute Gasteiger partial charge is 0.270 e. The second-order valence-electron chi connectivity index (χ2n) is 3.93. The van der Waals surface area contributed by atoms with E-state index in [9.17, 15) is 10.1 Å². The summed E-state index contributed by atoms with van der Waals surface area (Å²) in [6.07, 6.45) is 6.85. The highest BCUT2D eigenvalue weighted by Crippen LogP contribution is 2.22. The molecule has 0 aliphatic heterocycles. The average molecular weight is 267 g/mol. The number of nitrogens with zero attached hydrogens (tertiary/aromatic N) is 1. The van der Waals surface area contributed by atoms with Gasteiger partial charge in [-0.05, 0) is 18.1 Å². The lowest BCUT2D eigenvalue weighted by Crippen LogP contribution is -2.27. The minimum absolute atomic E-state index is 0.000540. The first-order valence-electron chi connectivity index (χ1n) is 5.68. The van der Waals surface area contributed by atoms with Crippen molar-refractivity contribution in [2.24, 2.45) is 0 Å². The first-order chi connectivity index (χ1) is 8.58. The normalized spacial score (nSPS) is 11.8. The molecule has 0 aromatic heterocycles. The molecule has 96 valence electrons. The van der Waals surface area contributed by atoms with Crippen molar-refractivity contribution in [3.05, 3.63) is 38.9 Å². The molecule has 1 aromatic carbocycles. The van der Waals surface area contributed by atoms with Gasteiger partial charge in [0.25, 0.3) is 5.69 Å². The van der Waals surface area contributed by atoms with Gasteiger partial charge in [0, 0.05) is 31.1 Å². The van der Waals surface area contributed by atoms with Crippen LogP contribution in [0, 0.1) is 22.5 Å². The van der Waals surface area contributed by atoms with Crippen LogP contribution < -0.4 is 5.32 Å². The molecule has 4 nitrogen and oxygen atoms in total. The lowest BCUT2D eigenvalue weighted by Gasteiger charge is -2.14. The van der Waals surface area contributed by atoms with Crippen LogP contribution in [0.15, 0.2) is 18.2 Å². The van der Waals surface area contributed by atoms with Crippen LogP contribution in [0.25, 0.3) is 0 Å². The van der Waals surface area contributed by atoms with E-state index in [1.54, 1.807) is 6.07 Å². The molecule has 1 N–H and O–H groups in total. The monoisotopic (exact) mass is 266 g/mol. The minimum atomic E-state index is -0.462. The van der Waals surface area contributed by atoms with Gasteiger partial charge >= 0.3 is 0 Å². The Labute approximate surface area is 111 Å². The lowest BCUT2D eigenvalue weighted by molar-refractivity contribution is -0.384. The molecule has 0 amide bonds. The summed E-state index contributed by atoms with van der Waals surface area (Å²) >= 11 is 5.99. The Balaban J connectivity index is 2.68. The molecule has 0 fully saturated rings. The van der Waals surface area contributed by atoms with Crippen LogP contribution in [0.1, 0.15) is 25.3 Å². The van der Waals surface area contributed by atoms with E-state index in [2.05, 4.69) is 11.2 Å². The van der Waals surface area contributed by atoms with Crippen LogP contribution in [0.4, 0.5) is 5.69 Å². The van der Waals surface area contributed by atoms with Gasteiger partial charge in [-0.1, -0.05) is 18.5 Å². The predicted molar refractivity (Wildman–Crippen MR) is 72.5 cm³/mol. The van der Waals surface area contributed by atoms with Crippen molar-refractivity contribution in [2.75, 3.05) is 0 Å². The zero-order valence-electron chi connectivity index (χ0n) is 10.1. The Morgan fingerprint density at radius 2 is 2.33 bits per heavy atom. The largest absolute Gasteiger partial charge is 0.309 e. The number of halogens is 1. The van der Waals surface area contributed by atoms with Gasteiger partial charge in [0.15, 0.2) is 0 Å². The summed E-state index contributed by atoms with van der Waals surface area (Å²) in [5, 5.41) is 14.2. The molecular weight excluding hydrogens is 252 g/mol. The second-order valence-corrected chi connectivity index (χ2v) is 4.33. The molecule has 0 saturated heterocycles. The molecule has 5 heteroatoms. The minimum Gasteiger partial charge on any atom is -0.309 e.